The molecule has 1 saturated heterocycles. The van der Waals surface area contributed by atoms with Crippen LogP contribution in [-0.2, 0) is 14.8 Å². The van der Waals surface area contributed by atoms with Gasteiger partial charge in [-0.05, 0) is 25.0 Å². The summed E-state index contributed by atoms with van der Waals surface area (Å²) in [7, 11) is -3.51. The molecule has 8 nitrogen and oxygen atoms in total. The lowest BCUT2D eigenvalue weighted by molar-refractivity contribution is -0.387. The Labute approximate surface area is 126 Å². The molecule has 10 heteroatoms. The third kappa shape index (κ3) is 3.39. The van der Waals surface area contributed by atoms with Crippen LogP contribution in [0.25, 0.3) is 0 Å². The van der Waals surface area contributed by atoms with Crippen LogP contribution in [-0.4, -0.2) is 42.4 Å². The van der Waals surface area contributed by atoms with Crippen molar-refractivity contribution in [1.82, 2.24) is 4.31 Å². The van der Waals surface area contributed by atoms with Gasteiger partial charge in [0.15, 0.2) is 0 Å². The van der Waals surface area contributed by atoms with Crippen molar-refractivity contribution in [3.05, 3.63) is 34.1 Å². The fourth-order valence-electron chi connectivity index (χ4n) is 2.36. The van der Waals surface area contributed by atoms with E-state index < -0.39 is 38.4 Å². The third-order valence-corrected chi connectivity index (χ3v) is 4.63. The first kappa shape index (κ1) is 16.3. The van der Waals surface area contributed by atoms with Crippen molar-refractivity contribution >= 4 is 27.3 Å². The number of hydrogen-bond donors (Lipinski definition) is 1. The second-order valence-corrected chi connectivity index (χ2v) is 6.88. The second kappa shape index (κ2) is 5.97. The monoisotopic (exact) mass is 331 g/mol. The van der Waals surface area contributed by atoms with E-state index in [1.807, 2.05) is 0 Å². The zero-order valence-corrected chi connectivity index (χ0v) is 12.5. The smallest absolute Gasteiger partial charge is 0.306 e. The summed E-state index contributed by atoms with van der Waals surface area (Å²) in [5.74, 6) is -1.61. The molecule has 2 rings (SSSR count). The Bertz CT molecular complexity index is 721. The van der Waals surface area contributed by atoms with Crippen LogP contribution in [0.2, 0.25) is 0 Å². The van der Waals surface area contributed by atoms with E-state index in [4.69, 9.17) is 0 Å². The van der Waals surface area contributed by atoms with Gasteiger partial charge in [0.25, 0.3) is 0 Å². The van der Waals surface area contributed by atoms with E-state index >= 15 is 0 Å². The summed E-state index contributed by atoms with van der Waals surface area (Å²) in [4.78, 5) is 21.9. The molecule has 120 valence electrons. The second-order valence-electron chi connectivity index (χ2n) is 4.94. The molecule has 22 heavy (non-hydrogen) atoms. The summed E-state index contributed by atoms with van der Waals surface area (Å²) in [6, 6.07) is 2.09. The molecule has 0 aromatic heterocycles. The normalized spacial score (nSPS) is 19.1. The van der Waals surface area contributed by atoms with Crippen molar-refractivity contribution in [3.8, 4) is 0 Å². The minimum atomic E-state index is -3.51. The van der Waals surface area contributed by atoms with Crippen LogP contribution in [0, 0.1) is 15.9 Å². The molecule has 0 bridgehead atoms. The average Bonchev–Trinajstić information content (AvgIpc) is 2.90. The summed E-state index contributed by atoms with van der Waals surface area (Å²) in [6.07, 6.45) is 1.93. The predicted octanol–water partition coefficient (Wildman–Crippen LogP) is 1.10. The minimum absolute atomic E-state index is 0.0402. The molecule has 1 aromatic rings. The maximum absolute atomic E-state index is 13.2. The maximum atomic E-state index is 13.2. The average molecular weight is 331 g/mol. The van der Waals surface area contributed by atoms with Crippen molar-refractivity contribution in [1.29, 1.82) is 0 Å². The highest BCUT2D eigenvalue weighted by Crippen LogP contribution is 2.24. The van der Waals surface area contributed by atoms with Gasteiger partial charge in [0.1, 0.15) is 6.04 Å². The molecule has 1 amide bonds. The van der Waals surface area contributed by atoms with E-state index in [9.17, 15) is 27.7 Å². The first-order chi connectivity index (χ1) is 10.2. The van der Waals surface area contributed by atoms with E-state index in [0.717, 1.165) is 22.7 Å². The SMILES string of the molecule is CS(=O)(=O)N1CCCC1C(=O)Nc1ccc(F)c([N+](=O)[O-])c1. The Morgan fingerprint density at radius 3 is 2.77 bits per heavy atom. The van der Waals surface area contributed by atoms with Gasteiger partial charge in [-0.25, -0.2) is 8.42 Å². The number of benzene rings is 1. The predicted molar refractivity (Wildman–Crippen MR) is 76.3 cm³/mol. The number of amides is 1. The number of hydrogen-bond acceptors (Lipinski definition) is 5. The maximum Gasteiger partial charge on any atom is 0.306 e. The Hall–Kier alpha value is -2.07. The fourth-order valence-corrected chi connectivity index (χ4v) is 3.48. The number of nitro groups is 1. The Morgan fingerprint density at radius 2 is 2.18 bits per heavy atom. The van der Waals surface area contributed by atoms with E-state index in [1.54, 1.807) is 0 Å². The molecule has 1 fully saturated rings. The highest BCUT2D eigenvalue weighted by atomic mass is 32.2. The van der Waals surface area contributed by atoms with Gasteiger partial charge in [0, 0.05) is 18.3 Å². The van der Waals surface area contributed by atoms with Crippen molar-refractivity contribution in [3.63, 3.8) is 0 Å². The summed E-state index contributed by atoms with van der Waals surface area (Å²) in [5.41, 5.74) is -0.720. The van der Waals surface area contributed by atoms with Crippen molar-refractivity contribution < 1.29 is 22.5 Å². The molecular weight excluding hydrogens is 317 g/mol. The molecule has 1 unspecified atom stereocenters. The first-order valence-corrected chi connectivity index (χ1v) is 8.26. The molecule has 1 heterocycles. The molecule has 1 aromatic carbocycles. The van der Waals surface area contributed by atoms with Gasteiger partial charge in [-0.1, -0.05) is 0 Å². The van der Waals surface area contributed by atoms with Crippen LogP contribution in [0.5, 0.6) is 0 Å². The van der Waals surface area contributed by atoms with Crippen LogP contribution < -0.4 is 5.32 Å². The van der Waals surface area contributed by atoms with Crippen molar-refractivity contribution in [2.24, 2.45) is 0 Å². The Balaban J connectivity index is 2.19. The van der Waals surface area contributed by atoms with Gasteiger partial charge >= 0.3 is 5.69 Å². The third-order valence-electron chi connectivity index (χ3n) is 3.34. The van der Waals surface area contributed by atoms with Gasteiger partial charge in [0.2, 0.25) is 21.7 Å². The number of halogens is 1. The van der Waals surface area contributed by atoms with Crippen LogP contribution in [0.1, 0.15) is 12.8 Å². The largest absolute Gasteiger partial charge is 0.324 e. The molecule has 1 aliphatic heterocycles. The number of carbonyl (C=O) groups excluding carboxylic acids is 1. The van der Waals surface area contributed by atoms with Gasteiger partial charge in [-0.2, -0.15) is 8.70 Å². The minimum Gasteiger partial charge on any atom is -0.324 e. The van der Waals surface area contributed by atoms with Gasteiger partial charge < -0.3 is 5.32 Å². The topological polar surface area (TPSA) is 110 Å². The number of carbonyl (C=O) groups is 1. The molecule has 0 radical (unpaired) electrons. The van der Waals surface area contributed by atoms with E-state index in [-0.39, 0.29) is 12.2 Å². The van der Waals surface area contributed by atoms with Crippen LogP contribution >= 0.6 is 0 Å². The zero-order chi connectivity index (χ0) is 16.5. The van der Waals surface area contributed by atoms with Crippen molar-refractivity contribution in [2.45, 2.75) is 18.9 Å². The Morgan fingerprint density at radius 1 is 1.50 bits per heavy atom. The van der Waals surface area contributed by atoms with E-state index in [2.05, 4.69) is 5.32 Å². The number of rotatable bonds is 4. The number of nitro benzene ring substituents is 1. The lowest BCUT2D eigenvalue weighted by Gasteiger charge is -2.21. The number of nitrogens with zero attached hydrogens (tertiary/aromatic N) is 2. The summed E-state index contributed by atoms with van der Waals surface area (Å²) < 4.78 is 37.5. The molecule has 0 aliphatic carbocycles. The number of nitrogens with one attached hydrogen (secondary N) is 1. The summed E-state index contributed by atoms with van der Waals surface area (Å²) >= 11 is 0. The van der Waals surface area contributed by atoms with Gasteiger partial charge in [-0.15, -0.1) is 0 Å². The Kier molecular flexibility index (Phi) is 4.42. The van der Waals surface area contributed by atoms with Crippen LogP contribution in [0.4, 0.5) is 15.8 Å². The fraction of sp³-hybridized carbons (Fsp3) is 0.417. The molecule has 1 aliphatic rings. The number of anilines is 1. The van der Waals surface area contributed by atoms with Gasteiger partial charge in [0.05, 0.1) is 11.2 Å². The quantitative estimate of drug-likeness (QED) is 0.656. The lowest BCUT2D eigenvalue weighted by Crippen LogP contribution is -2.42. The highest BCUT2D eigenvalue weighted by molar-refractivity contribution is 7.88. The molecule has 1 N–H and O–H groups in total. The van der Waals surface area contributed by atoms with E-state index in [0.29, 0.717) is 12.8 Å². The van der Waals surface area contributed by atoms with Crippen LogP contribution in [0.3, 0.4) is 0 Å². The van der Waals surface area contributed by atoms with Gasteiger partial charge in [-0.3, -0.25) is 14.9 Å². The standard InChI is InChI=1S/C12H14FN3O5S/c1-22(20,21)15-6-2-3-10(15)12(17)14-8-4-5-9(13)11(7-8)16(18)19/h4-5,7,10H,2-3,6H2,1H3,(H,14,17). The zero-order valence-electron chi connectivity index (χ0n) is 11.7. The molecule has 0 saturated carbocycles. The first-order valence-electron chi connectivity index (χ1n) is 6.42. The molecular formula is C12H14FN3O5S. The molecule has 1 atom stereocenters. The molecule has 0 spiro atoms. The van der Waals surface area contributed by atoms with Crippen molar-refractivity contribution in [2.75, 3.05) is 18.1 Å². The highest BCUT2D eigenvalue weighted by Gasteiger charge is 2.36. The van der Waals surface area contributed by atoms with E-state index in [1.165, 1.54) is 6.07 Å². The summed E-state index contributed by atoms with van der Waals surface area (Å²) in [6.45, 7) is 0.250. The van der Waals surface area contributed by atoms with Crippen LogP contribution in [0.15, 0.2) is 18.2 Å². The number of sulfonamides is 1. The summed E-state index contributed by atoms with van der Waals surface area (Å²) in [5, 5.41) is 13.1. The lowest BCUT2D eigenvalue weighted by atomic mass is 10.2.